The van der Waals surface area contributed by atoms with Crippen LogP contribution in [-0.2, 0) is 6.18 Å². The Kier molecular flexibility index (Phi) is 4.18. The second kappa shape index (κ2) is 5.73. The molecule has 0 radical (unpaired) electrons. The van der Waals surface area contributed by atoms with E-state index in [4.69, 9.17) is 11.6 Å². The highest BCUT2D eigenvalue weighted by atomic mass is 35.5. The lowest BCUT2D eigenvalue weighted by molar-refractivity contribution is -0.138. The lowest BCUT2D eigenvalue weighted by Gasteiger charge is -2.09. The lowest BCUT2D eigenvalue weighted by atomic mass is 10.2. The van der Waals surface area contributed by atoms with Gasteiger partial charge in [-0.15, -0.1) is 0 Å². The smallest absolute Gasteiger partial charge is 0.267 e. The van der Waals surface area contributed by atoms with Gasteiger partial charge in [-0.3, -0.25) is 4.79 Å². The van der Waals surface area contributed by atoms with E-state index in [0.717, 1.165) is 4.68 Å². The number of alkyl halides is 3. The molecule has 110 valence electrons. The van der Waals surface area contributed by atoms with E-state index >= 15 is 0 Å². The van der Waals surface area contributed by atoms with E-state index in [9.17, 15) is 18.0 Å². The summed E-state index contributed by atoms with van der Waals surface area (Å²) in [4.78, 5) is 11.8. The number of nitrogens with zero attached hydrogens (tertiary/aromatic N) is 2. The average molecular weight is 315 g/mol. The van der Waals surface area contributed by atoms with Gasteiger partial charge in [-0.2, -0.15) is 23.0 Å². The first-order chi connectivity index (χ1) is 9.82. The van der Waals surface area contributed by atoms with Gasteiger partial charge in [0.25, 0.3) is 5.56 Å². The summed E-state index contributed by atoms with van der Waals surface area (Å²) in [6, 6.07) is 5.15. The fourth-order valence-corrected chi connectivity index (χ4v) is 1.91. The van der Waals surface area contributed by atoms with Crippen LogP contribution in [0.4, 0.5) is 13.2 Å². The summed E-state index contributed by atoms with van der Waals surface area (Å²) in [6.45, 7) is 1.80. The van der Waals surface area contributed by atoms with Gasteiger partial charge in [-0.05, 0) is 30.7 Å². The van der Waals surface area contributed by atoms with E-state index in [1.165, 1.54) is 6.07 Å². The Labute approximate surface area is 123 Å². The zero-order valence-electron chi connectivity index (χ0n) is 10.9. The van der Waals surface area contributed by atoms with Crippen LogP contribution in [0.15, 0.2) is 41.3 Å². The van der Waals surface area contributed by atoms with Gasteiger partial charge in [-0.1, -0.05) is 23.8 Å². The van der Waals surface area contributed by atoms with Crippen LogP contribution in [0, 0.1) is 0 Å². The predicted molar refractivity (Wildman–Crippen MR) is 74.6 cm³/mol. The van der Waals surface area contributed by atoms with Gasteiger partial charge in [0.1, 0.15) is 0 Å². The Morgan fingerprint density at radius 2 is 2.00 bits per heavy atom. The second-order valence-corrected chi connectivity index (χ2v) is 4.61. The van der Waals surface area contributed by atoms with Crippen molar-refractivity contribution in [2.45, 2.75) is 13.1 Å². The molecule has 0 amide bonds. The van der Waals surface area contributed by atoms with E-state index < -0.39 is 17.3 Å². The van der Waals surface area contributed by atoms with Crippen molar-refractivity contribution in [2.24, 2.45) is 0 Å². The average Bonchev–Trinajstić information content (AvgIpc) is 2.40. The molecule has 0 fully saturated rings. The van der Waals surface area contributed by atoms with Crippen LogP contribution in [0.2, 0.25) is 5.02 Å². The molecule has 0 atom stereocenters. The molecule has 1 aromatic carbocycles. The molecule has 0 unspecified atom stereocenters. The molecule has 0 aliphatic carbocycles. The van der Waals surface area contributed by atoms with Crippen LogP contribution in [0.3, 0.4) is 0 Å². The van der Waals surface area contributed by atoms with Gasteiger partial charge in [-0.25, -0.2) is 0 Å². The van der Waals surface area contributed by atoms with Gasteiger partial charge >= 0.3 is 6.18 Å². The Bertz CT molecular complexity index is 751. The first-order valence-corrected chi connectivity index (χ1v) is 6.30. The van der Waals surface area contributed by atoms with E-state index in [-0.39, 0.29) is 0 Å². The zero-order valence-corrected chi connectivity index (χ0v) is 11.6. The first kappa shape index (κ1) is 15.3. The number of halogens is 4. The van der Waals surface area contributed by atoms with Crippen molar-refractivity contribution in [3.8, 4) is 5.69 Å². The van der Waals surface area contributed by atoms with E-state index in [2.05, 4.69) is 5.10 Å². The maximum absolute atomic E-state index is 12.5. The minimum Gasteiger partial charge on any atom is -0.267 e. The maximum atomic E-state index is 12.5. The largest absolute Gasteiger partial charge is 0.418 e. The normalized spacial score (nSPS) is 12.0. The highest BCUT2D eigenvalue weighted by Crippen LogP contribution is 2.27. The molecule has 1 heterocycles. The van der Waals surface area contributed by atoms with Crippen LogP contribution in [-0.4, -0.2) is 9.78 Å². The summed E-state index contributed by atoms with van der Waals surface area (Å²) in [7, 11) is 0. The molecule has 2 aromatic rings. The summed E-state index contributed by atoms with van der Waals surface area (Å²) < 4.78 is 38.4. The minimum absolute atomic E-state index is 0.339. The first-order valence-electron chi connectivity index (χ1n) is 5.92. The Morgan fingerprint density at radius 1 is 1.29 bits per heavy atom. The van der Waals surface area contributed by atoms with Crippen molar-refractivity contribution >= 4 is 17.7 Å². The highest BCUT2D eigenvalue weighted by Gasteiger charge is 2.31. The molecule has 2 rings (SSSR count). The molecule has 1 aromatic heterocycles. The third kappa shape index (κ3) is 3.33. The van der Waals surface area contributed by atoms with Crippen molar-refractivity contribution in [1.29, 1.82) is 0 Å². The molecule has 0 bridgehead atoms. The monoisotopic (exact) mass is 314 g/mol. The van der Waals surface area contributed by atoms with Gasteiger partial charge < -0.3 is 0 Å². The fourth-order valence-electron chi connectivity index (χ4n) is 1.73. The lowest BCUT2D eigenvalue weighted by Crippen LogP contribution is -2.23. The SMILES string of the molecule is C/C=C/c1cc(-n2ncc(C(F)(F)F)cc2=O)ccc1Cl. The van der Waals surface area contributed by atoms with E-state index in [0.29, 0.717) is 28.5 Å². The molecule has 0 saturated carbocycles. The molecule has 7 heteroatoms. The number of aromatic nitrogens is 2. The standard InChI is InChI=1S/C14H10ClF3N2O/c1-2-3-9-6-11(4-5-12(9)15)20-13(21)7-10(8-19-20)14(16,17)18/h2-8H,1H3/b3-2+. The summed E-state index contributed by atoms with van der Waals surface area (Å²) in [5, 5.41) is 4.03. The Hall–Kier alpha value is -2.08. The maximum Gasteiger partial charge on any atom is 0.418 e. The molecule has 0 aliphatic rings. The Balaban J connectivity index is 2.53. The predicted octanol–water partition coefficient (Wildman–Crippen LogP) is 3.94. The van der Waals surface area contributed by atoms with Gasteiger partial charge in [0.05, 0.1) is 17.4 Å². The third-order valence-electron chi connectivity index (χ3n) is 2.70. The van der Waals surface area contributed by atoms with Crippen LogP contribution < -0.4 is 5.56 Å². The molecule has 0 spiro atoms. The third-order valence-corrected chi connectivity index (χ3v) is 3.04. The van der Waals surface area contributed by atoms with E-state index in [1.54, 1.807) is 31.2 Å². The molecule has 21 heavy (non-hydrogen) atoms. The number of benzene rings is 1. The van der Waals surface area contributed by atoms with Crippen LogP contribution >= 0.6 is 11.6 Å². The van der Waals surface area contributed by atoms with Crippen LogP contribution in [0.25, 0.3) is 11.8 Å². The number of allylic oxidation sites excluding steroid dienone is 1. The van der Waals surface area contributed by atoms with Gasteiger partial charge in [0.15, 0.2) is 0 Å². The number of hydrogen-bond acceptors (Lipinski definition) is 2. The summed E-state index contributed by atoms with van der Waals surface area (Å²) in [5.41, 5.74) is -0.957. The fraction of sp³-hybridized carbons (Fsp3) is 0.143. The van der Waals surface area contributed by atoms with E-state index in [1.807, 2.05) is 0 Å². The molecular weight excluding hydrogens is 305 g/mol. The van der Waals surface area contributed by atoms with Crippen LogP contribution in [0.1, 0.15) is 18.1 Å². The molecule has 0 saturated heterocycles. The minimum atomic E-state index is -4.60. The van der Waals surface area contributed by atoms with Crippen molar-refractivity contribution < 1.29 is 13.2 Å². The second-order valence-electron chi connectivity index (χ2n) is 4.20. The molecular formula is C14H10ClF3N2O. The van der Waals surface area contributed by atoms with Crippen molar-refractivity contribution in [3.05, 3.63) is 63.0 Å². The number of hydrogen-bond donors (Lipinski definition) is 0. The highest BCUT2D eigenvalue weighted by molar-refractivity contribution is 6.32. The summed E-state index contributed by atoms with van der Waals surface area (Å²) in [5.74, 6) is 0. The van der Waals surface area contributed by atoms with Crippen molar-refractivity contribution in [2.75, 3.05) is 0 Å². The molecule has 0 N–H and O–H groups in total. The van der Waals surface area contributed by atoms with Gasteiger partial charge in [0, 0.05) is 11.1 Å². The molecule has 3 nitrogen and oxygen atoms in total. The van der Waals surface area contributed by atoms with Gasteiger partial charge in [0.2, 0.25) is 0 Å². The quantitative estimate of drug-likeness (QED) is 0.841. The van der Waals surface area contributed by atoms with Crippen molar-refractivity contribution in [1.82, 2.24) is 9.78 Å². The van der Waals surface area contributed by atoms with Crippen LogP contribution in [0.5, 0.6) is 0 Å². The topological polar surface area (TPSA) is 34.9 Å². The zero-order chi connectivity index (χ0) is 15.6. The summed E-state index contributed by atoms with van der Waals surface area (Å²) in [6.07, 6.45) is -0.498. The molecule has 0 aliphatic heterocycles. The summed E-state index contributed by atoms with van der Waals surface area (Å²) >= 11 is 5.98. The number of rotatable bonds is 2. The Morgan fingerprint density at radius 3 is 2.57 bits per heavy atom. The van der Waals surface area contributed by atoms with Crippen molar-refractivity contribution in [3.63, 3.8) is 0 Å².